The van der Waals surface area contributed by atoms with Crippen LogP contribution in [0.4, 0.5) is 17.5 Å². The van der Waals surface area contributed by atoms with E-state index in [1.807, 2.05) is 36.2 Å². The number of rotatable bonds is 6. The predicted octanol–water partition coefficient (Wildman–Crippen LogP) is 3.73. The zero-order chi connectivity index (χ0) is 15.2. The van der Waals surface area contributed by atoms with Crippen molar-refractivity contribution in [1.82, 2.24) is 9.97 Å². The van der Waals surface area contributed by atoms with Gasteiger partial charge in [-0.05, 0) is 30.7 Å². The van der Waals surface area contributed by atoms with Gasteiger partial charge in [0.1, 0.15) is 10.8 Å². The molecule has 0 aliphatic rings. The first-order chi connectivity index (χ1) is 10.2. The molecule has 0 unspecified atom stereocenters. The van der Waals surface area contributed by atoms with E-state index < -0.39 is 0 Å². The van der Waals surface area contributed by atoms with Crippen LogP contribution in [0.1, 0.15) is 13.3 Å². The van der Waals surface area contributed by atoms with E-state index in [1.165, 1.54) is 0 Å². The van der Waals surface area contributed by atoms with Crippen LogP contribution in [0.15, 0.2) is 30.5 Å². The number of aromatic nitrogens is 2. The van der Waals surface area contributed by atoms with E-state index in [1.54, 1.807) is 13.3 Å². The van der Waals surface area contributed by atoms with Crippen molar-refractivity contribution in [3.63, 3.8) is 0 Å². The minimum atomic E-state index is 0.510. The molecule has 0 amide bonds. The Bertz CT molecular complexity index is 589. The van der Waals surface area contributed by atoms with Crippen molar-refractivity contribution in [3.05, 3.63) is 35.5 Å². The Balaban J connectivity index is 2.25. The largest absolute Gasteiger partial charge is 0.497 e. The van der Waals surface area contributed by atoms with Gasteiger partial charge in [0.2, 0.25) is 5.95 Å². The minimum Gasteiger partial charge on any atom is -0.497 e. The van der Waals surface area contributed by atoms with Gasteiger partial charge < -0.3 is 15.0 Å². The molecule has 1 heterocycles. The second kappa shape index (κ2) is 7.13. The Labute approximate surface area is 129 Å². The monoisotopic (exact) mass is 306 g/mol. The highest BCUT2D eigenvalue weighted by atomic mass is 35.5. The Kier molecular flexibility index (Phi) is 5.22. The molecule has 5 nitrogen and oxygen atoms in total. The van der Waals surface area contributed by atoms with Crippen LogP contribution in [0.25, 0.3) is 0 Å². The molecule has 0 atom stereocenters. The van der Waals surface area contributed by atoms with Crippen molar-refractivity contribution in [1.29, 1.82) is 0 Å². The molecule has 2 rings (SSSR count). The highest BCUT2D eigenvalue weighted by molar-refractivity contribution is 6.33. The number of anilines is 3. The van der Waals surface area contributed by atoms with Gasteiger partial charge in [-0.15, -0.1) is 0 Å². The van der Waals surface area contributed by atoms with Crippen LogP contribution >= 0.6 is 11.6 Å². The van der Waals surface area contributed by atoms with Crippen LogP contribution < -0.4 is 15.0 Å². The summed E-state index contributed by atoms with van der Waals surface area (Å²) < 4.78 is 5.16. The second-order valence-electron chi connectivity index (χ2n) is 4.55. The number of benzene rings is 1. The van der Waals surface area contributed by atoms with E-state index in [4.69, 9.17) is 16.3 Å². The molecule has 0 spiro atoms. The van der Waals surface area contributed by atoms with Crippen molar-refractivity contribution in [2.24, 2.45) is 0 Å². The van der Waals surface area contributed by atoms with Gasteiger partial charge in [-0.3, -0.25) is 0 Å². The van der Waals surface area contributed by atoms with Crippen LogP contribution in [-0.2, 0) is 0 Å². The third-order valence-electron chi connectivity index (χ3n) is 3.04. The van der Waals surface area contributed by atoms with Crippen molar-refractivity contribution in [2.75, 3.05) is 30.9 Å². The summed E-state index contributed by atoms with van der Waals surface area (Å²) in [4.78, 5) is 10.6. The van der Waals surface area contributed by atoms with Gasteiger partial charge >= 0.3 is 0 Å². The third kappa shape index (κ3) is 3.76. The standard InChI is InChI=1S/C15H19ClN4O/c1-4-9-17-15-18-10-13(16)14(19-15)20(2)11-5-7-12(21-3)8-6-11/h5-8,10H,4,9H2,1-3H3,(H,17,18,19). The van der Waals surface area contributed by atoms with Gasteiger partial charge in [0.15, 0.2) is 5.82 Å². The SMILES string of the molecule is CCCNc1ncc(Cl)c(N(C)c2ccc(OC)cc2)n1. The Morgan fingerprint density at radius 3 is 2.62 bits per heavy atom. The molecule has 0 fully saturated rings. The quantitative estimate of drug-likeness (QED) is 0.881. The first-order valence-electron chi connectivity index (χ1n) is 6.80. The normalized spacial score (nSPS) is 10.3. The molecule has 21 heavy (non-hydrogen) atoms. The fourth-order valence-electron chi connectivity index (χ4n) is 1.84. The summed E-state index contributed by atoms with van der Waals surface area (Å²) in [5.41, 5.74) is 0.970. The van der Waals surface area contributed by atoms with E-state index in [0.29, 0.717) is 16.8 Å². The highest BCUT2D eigenvalue weighted by Crippen LogP contribution is 2.29. The van der Waals surface area contributed by atoms with Crippen LogP contribution in [0.5, 0.6) is 5.75 Å². The molecule has 0 saturated heterocycles. The highest BCUT2D eigenvalue weighted by Gasteiger charge is 2.12. The molecule has 2 aromatic rings. The van der Waals surface area contributed by atoms with Gasteiger partial charge in [0, 0.05) is 19.3 Å². The van der Waals surface area contributed by atoms with Crippen molar-refractivity contribution >= 4 is 29.1 Å². The average molecular weight is 307 g/mol. The maximum atomic E-state index is 6.21. The van der Waals surface area contributed by atoms with E-state index in [2.05, 4.69) is 22.2 Å². The van der Waals surface area contributed by atoms with Crippen molar-refractivity contribution in [3.8, 4) is 5.75 Å². The topological polar surface area (TPSA) is 50.3 Å². The second-order valence-corrected chi connectivity index (χ2v) is 4.96. The molecule has 1 aromatic heterocycles. The van der Waals surface area contributed by atoms with E-state index in [9.17, 15) is 0 Å². The summed E-state index contributed by atoms with van der Waals surface area (Å²) in [6.07, 6.45) is 2.62. The molecule has 0 bridgehead atoms. The summed E-state index contributed by atoms with van der Waals surface area (Å²) >= 11 is 6.21. The molecular weight excluding hydrogens is 288 g/mol. The maximum absolute atomic E-state index is 6.21. The number of nitrogens with one attached hydrogen (secondary N) is 1. The predicted molar refractivity (Wildman–Crippen MR) is 86.9 cm³/mol. The summed E-state index contributed by atoms with van der Waals surface area (Å²) in [6, 6.07) is 7.71. The van der Waals surface area contributed by atoms with Gasteiger partial charge in [0.25, 0.3) is 0 Å². The number of nitrogens with zero attached hydrogens (tertiary/aromatic N) is 3. The van der Waals surface area contributed by atoms with E-state index in [-0.39, 0.29) is 0 Å². The van der Waals surface area contributed by atoms with Crippen molar-refractivity contribution in [2.45, 2.75) is 13.3 Å². The number of hydrogen-bond acceptors (Lipinski definition) is 5. The fourth-order valence-corrected chi connectivity index (χ4v) is 2.06. The Hall–Kier alpha value is -2.01. The van der Waals surface area contributed by atoms with Gasteiger partial charge in [0.05, 0.1) is 13.3 Å². The lowest BCUT2D eigenvalue weighted by atomic mass is 10.3. The van der Waals surface area contributed by atoms with Crippen LogP contribution in [0.3, 0.4) is 0 Å². The van der Waals surface area contributed by atoms with Gasteiger partial charge in [-0.1, -0.05) is 18.5 Å². The lowest BCUT2D eigenvalue weighted by Gasteiger charge is -2.20. The van der Waals surface area contributed by atoms with Crippen LogP contribution in [0.2, 0.25) is 5.02 Å². The summed E-state index contributed by atoms with van der Waals surface area (Å²) in [5.74, 6) is 2.05. The number of ether oxygens (including phenoxy) is 1. The molecule has 0 aliphatic heterocycles. The smallest absolute Gasteiger partial charge is 0.224 e. The first-order valence-corrected chi connectivity index (χ1v) is 7.17. The average Bonchev–Trinajstić information content (AvgIpc) is 2.53. The number of halogens is 1. The fraction of sp³-hybridized carbons (Fsp3) is 0.333. The maximum Gasteiger partial charge on any atom is 0.224 e. The zero-order valence-electron chi connectivity index (χ0n) is 12.4. The Morgan fingerprint density at radius 1 is 1.29 bits per heavy atom. The zero-order valence-corrected chi connectivity index (χ0v) is 13.2. The molecule has 0 radical (unpaired) electrons. The lowest BCUT2D eigenvalue weighted by molar-refractivity contribution is 0.415. The van der Waals surface area contributed by atoms with Crippen LogP contribution in [0, 0.1) is 0 Å². The minimum absolute atomic E-state index is 0.510. The summed E-state index contributed by atoms with van der Waals surface area (Å²) in [5, 5.41) is 3.67. The van der Waals surface area contributed by atoms with Crippen LogP contribution in [-0.4, -0.2) is 30.7 Å². The summed E-state index contributed by atoms with van der Waals surface area (Å²) in [7, 11) is 3.56. The summed E-state index contributed by atoms with van der Waals surface area (Å²) in [6.45, 7) is 2.92. The molecule has 1 N–H and O–H groups in total. The molecule has 0 saturated carbocycles. The Morgan fingerprint density at radius 2 is 2.00 bits per heavy atom. The molecule has 6 heteroatoms. The lowest BCUT2D eigenvalue weighted by Crippen LogP contribution is -2.14. The first kappa shape index (κ1) is 15.4. The third-order valence-corrected chi connectivity index (χ3v) is 3.30. The molecule has 1 aromatic carbocycles. The van der Waals surface area contributed by atoms with Gasteiger partial charge in [-0.25, -0.2) is 4.98 Å². The molecule has 112 valence electrons. The number of hydrogen-bond donors (Lipinski definition) is 1. The van der Waals surface area contributed by atoms with Crippen molar-refractivity contribution < 1.29 is 4.74 Å². The number of methoxy groups -OCH3 is 1. The van der Waals surface area contributed by atoms with Gasteiger partial charge in [-0.2, -0.15) is 4.98 Å². The molecule has 0 aliphatic carbocycles. The van der Waals surface area contributed by atoms with E-state index >= 15 is 0 Å². The van der Waals surface area contributed by atoms with E-state index in [0.717, 1.165) is 24.4 Å². The molecular formula is C15H19ClN4O.